The van der Waals surface area contributed by atoms with Gasteiger partial charge in [-0.1, -0.05) is 25.1 Å². The maximum Gasteiger partial charge on any atom is 0.220 e. The minimum Gasteiger partial charge on any atom is -0.492 e. The Kier molecular flexibility index (Phi) is 5.89. The fraction of sp³-hybridized carbons (Fsp3) is 0.333. The van der Waals surface area contributed by atoms with Gasteiger partial charge in [-0.15, -0.1) is 0 Å². The Labute approximate surface area is 153 Å². The molecule has 5 nitrogen and oxygen atoms in total. The molecule has 1 heterocycles. The Morgan fingerprint density at radius 1 is 1.19 bits per heavy atom. The van der Waals surface area contributed by atoms with E-state index in [9.17, 15) is 4.79 Å². The van der Waals surface area contributed by atoms with Crippen molar-refractivity contribution in [2.45, 2.75) is 33.1 Å². The van der Waals surface area contributed by atoms with E-state index in [4.69, 9.17) is 9.15 Å². The van der Waals surface area contributed by atoms with E-state index in [0.29, 0.717) is 31.9 Å². The van der Waals surface area contributed by atoms with Crippen LogP contribution in [0.2, 0.25) is 0 Å². The maximum absolute atomic E-state index is 11.9. The van der Waals surface area contributed by atoms with E-state index in [-0.39, 0.29) is 5.91 Å². The highest BCUT2D eigenvalue weighted by atomic mass is 16.5. The summed E-state index contributed by atoms with van der Waals surface area (Å²) >= 11 is 0. The predicted octanol–water partition coefficient (Wildman–Crippen LogP) is 3.83. The highest BCUT2D eigenvalue weighted by Gasteiger charge is 2.08. The van der Waals surface area contributed by atoms with Crippen LogP contribution in [0.3, 0.4) is 0 Å². The topological polar surface area (TPSA) is 64.4 Å². The summed E-state index contributed by atoms with van der Waals surface area (Å²) < 4.78 is 11.3. The molecule has 1 amide bonds. The van der Waals surface area contributed by atoms with Crippen molar-refractivity contribution >= 4 is 17.0 Å². The summed E-state index contributed by atoms with van der Waals surface area (Å²) in [6.45, 7) is 5.05. The highest BCUT2D eigenvalue weighted by molar-refractivity contribution is 5.76. The smallest absolute Gasteiger partial charge is 0.220 e. The molecule has 1 aromatic heterocycles. The Morgan fingerprint density at radius 2 is 2.00 bits per heavy atom. The molecule has 0 aliphatic rings. The second-order valence-electron chi connectivity index (χ2n) is 6.27. The van der Waals surface area contributed by atoms with E-state index < -0.39 is 0 Å². The van der Waals surface area contributed by atoms with Crippen molar-refractivity contribution in [3.05, 3.63) is 59.5 Å². The van der Waals surface area contributed by atoms with Crippen molar-refractivity contribution in [2.24, 2.45) is 0 Å². The number of oxazole rings is 1. The van der Waals surface area contributed by atoms with E-state index in [1.807, 2.05) is 37.3 Å². The number of fused-ring (bicyclic) bond motifs is 1. The summed E-state index contributed by atoms with van der Waals surface area (Å²) in [6, 6.07) is 13.9. The lowest BCUT2D eigenvalue weighted by molar-refractivity contribution is -0.121. The number of nitrogens with zero attached hydrogens (tertiary/aromatic N) is 1. The Bertz CT molecular complexity index is 869. The van der Waals surface area contributed by atoms with Crippen LogP contribution in [-0.4, -0.2) is 24.0 Å². The zero-order valence-electron chi connectivity index (χ0n) is 15.2. The molecule has 136 valence electrons. The molecule has 0 atom stereocenters. The van der Waals surface area contributed by atoms with Gasteiger partial charge in [0.25, 0.3) is 0 Å². The first-order valence-corrected chi connectivity index (χ1v) is 8.98. The van der Waals surface area contributed by atoms with Gasteiger partial charge in [0.15, 0.2) is 11.5 Å². The fourth-order valence-electron chi connectivity index (χ4n) is 2.68. The number of carbonyl (C=O) groups is 1. The number of carbonyl (C=O) groups excluding carboxylic acids is 1. The van der Waals surface area contributed by atoms with Crippen molar-refractivity contribution in [2.75, 3.05) is 13.2 Å². The van der Waals surface area contributed by atoms with E-state index in [0.717, 1.165) is 28.8 Å². The number of nitrogens with one attached hydrogen (secondary N) is 1. The van der Waals surface area contributed by atoms with Gasteiger partial charge in [-0.2, -0.15) is 0 Å². The number of rotatable bonds is 8. The number of aryl methyl sites for hydroxylation is 3. The lowest BCUT2D eigenvalue weighted by Crippen LogP contribution is -2.28. The van der Waals surface area contributed by atoms with Gasteiger partial charge in [-0.25, -0.2) is 4.98 Å². The summed E-state index contributed by atoms with van der Waals surface area (Å²) in [4.78, 5) is 16.4. The number of benzene rings is 2. The van der Waals surface area contributed by atoms with Gasteiger partial charge in [0.05, 0.1) is 6.54 Å². The normalized spacial score (nSPS) is 10.8. The third-order valence-electron chi connectivity index (χ3n) is 4.18. The quantitative estimate of drug-likeness (QED) is 0.626. The van der Waals surface area contributed by atoms with Crippen LogP contribution in [0.15, 0.2) is 46.9 Å². The van der Waals surface area contributed by atoms with Crippen LogP contribution in [-0.2, 0) is 17.6 Å². The second-order valence-corrected chi connectivity index (χ2v) is 6.27. The molecule has 0 spiro atoms. The monoisotopic (exact) mass is 352 g/mol. The molecule has 0 unspecified atom stereocenters. The van der Waals surface area contributed by atoms with Gasteiger partial charge in [-0.3, -0.25) is 4.79 Å². The molecular weight excluding hydrogens is 328 g/mol. The van der Waals surface area contributed by atoms with Crippen LogP contribution in [0.5, 0.6) is 5.75 Å². The molecule has 3 aromatic rings. The number of amides is 1. The molecule has 3 rings (SSSR count). The Balaban J connectivity index is 1.38. The minimum atomic E-state index is -0.0339. The van der Waals surface area contributed by atoms with Crippen LogP contribution in [0, 0.1) is 6.92 Å². The standard InChI is InChI=1S/C21H24N2O3/c1-3-16-5-7-17(8-6-16)25-13-12-22-20(24)10-11-21-23-18-14-15(2)4-9-19(18)26-21/h4-9,14H,3,10-13H2,1-2H3,(H,22,24). The molecule has 0 saturated heterocycles. The van der Waals surface area contributed by atoms with Crippen LogP contribution in [0.25, 0.3) is 11.1 Å². The molecule has 0 saturated carbocycles. The van der Waals surface area contributed by atoms with Gasteiger partial charge in [0.1, 0.15) is 17.9 Å². The zero-order valence-corrected chi connectivity index (χ0v) is 15.2. The number of hydrogen-bond acceptors (Lipinski definition) is 4. The third-order valence-corrected chi connectivity index (χ3v) is 4.18. The molecule has 0 radical (unpaired) electrons. The van der Waals surface area contributed by atoms with E-state index in [2.05, 4.69) is 29.4 Å². The summed E-state index contributed by atoms with van der Waals surface area (Å²) in [6.07, 6.45) is 1.84. The molecule has 0 aliphatic heterocycles. The lowest BCUT2D eigenvalue weighted by atomic mass is 10.2. The van der Waals surface area contributed by atoms with Gasteiger partial charge < -0.3 is 14.5 Å². The molecular formula is C21H24N2O3. The van der Waals surface area contributed by atoms with Crippen LogP contribution in [0.1, 0.15) is 30.4 Å². The highest BCUT2D eigenvalue weighted by Crippen LogP contribution is 2.17. The number of ether oxygens (including phenoxy) is 1. The van der Waals surface area contributed by atoms with Gasteiger partial charge in [0.2, 0.25) is 5.91 Å². The van der Waals surface area contributed by atoms with Crippen molar-refractivity contribution < 1.29 is 13.9 Å². The first-order chi connectivity index (χ1) is 12.6. The van der Waals surface area contributed by atoms with Crippen molar-refractivity contribution in [3.63, 3.8) is 0 Å². The molecule has 1 N–H and O–H groups in total. The van der Waals surface area contributed by atoms with Gasteiger partial charge in [0, 0.05) is 12.8 Å². The Hall–Kier alpha value is -2.82. The summed E-state index contributed by atoms with van der Waals surface area (Å²) in [5, 5.41) is 2.86. The van der Waals surface area contributed by atoms with Crippen LogP contribution in [0.4, 0.5) is 0 Å². The predicted molar refractivity (Wildman–Crippen MR) is 101 cm³/mol. The molecule has 0 fully saturated rings. The average Bonchev–Trinajstić information content (AvgIpc) is 3.06. The van der Waals surface area contributed by atoms with Crippen LogP contribution >= 0.6 is 0 Å². The number of aromatic nitrogens is 1. The summed E-state index contributed by atoms with van der Waals surface area (Å²) in [7, 11) is 0. The lowest BCUT2D eigenvalue weighted by Gasteiger charge is -2.08. The van der Waals surface area contributed by atoms with E-state index in [1.165, 1.54) is 5.56 Å². The first kappa shape index (κ1) is 18.0. The van der Waals surface area contributed by atoms with E-state index >= 15 is 0 Å². The van der Waals surface area contributed by atoms with Crippen molar-refractivity contribution in [1.29, 1.82) is 0 Å². The Morgan fingerprint density at radius 3 is 2.77 bits per heavy atom. The fourth-order valence-corrected chi connectivity index (χ4v) is 2.68. The molecule has 5 heteroatoms. The minimum absolute atomic E-state index is 0.0339. The van der Waals surface area contributed by atoms with Gasteiger partial charge >= 0.3 is 0 Å². The maximum atomic E-state index is 11.9. The van der Waals surface area contributed by atoms with E-state index in [1.54, 1.807) is 0 Å². The first-order valence-electron chi connectivity index (χ1n) is 8.98. The second kappa shape index (κ2) is 8.52. The molecule has 2 aromatic carbocycles. The zero-order chi connectivity index (χ0) is 18.4. The van der Waals surface area contributed by atoms with Gasteiger partial charge in [-0.05, 0) is 48.7 Å². The third kappa shape index (κ3) is 4.85. The average molecular weight is 352 g/mol. The largest absolute Gasteiger partial charge is 0.492 e. The molecule has 26 heavy (non-hydrogen) atoms. The SMILES string of the molecule is CCc1ccc(OCCNC(=O)CCc2nc3cc(C)ccc3o2)cc1. The summed E-state index contributed by atoms with van der Waals surface area (Å²) in [5.41, 5.74) is 4.01. The van der Waals surface area contributed by atoms with Crippen molar-refractivity contribution in [1.82, 2.24) is 10.3 Å². The van der Waals surface area contributed by atoms with Crippen molar-refractivity contribution in [3.8, 4) is 5.75 Å². The molecule has 0 aliphatic carbocycles. The summed E-state index contributed by atoms with van der Waals surface area (Å²) in [5.74, 6) is 1.37. The molecule has 0 bridgehead atoms. The van der Waals surface area contributed by atoms with Crippen LogP contribution < -0.4 is 10.1 Å². The number of hydrogen-bond donors (Lipinski definition) is 1.